The quantitative estimate of drug-likeness (QED) is 0.636. The van der Waals surface area contributed by atoms with Gasteiger partial charge in [0.05, 0.1) is 0 Å². The zero-order valence-electron chi connectivity index (χ0n) is 8.05. The fourth-order valence-corrected chi connectivity index (χ4v) is 1.50. The van der Waals surface area contributed by atoms with Crippen LogP contribution in [0.5, 0.6) is 0 Å². The summed E-state index contributed by atoms with van der Waals surface area (Å²) in [5, 5.41) is 11.6. The summed E-state index contributed by atoms with van der Waals surface area (Å²) in [6, 6.07) is -0.429. The molecule has 3 nitrogen and oxygen atoms in total. The van der Waals surface area contributed by atoms with Gasteiger partial charge in [0.1, 0.15) is 6.04 Å². The molecule has 0 saturated carbocycles. The lowest BCUT2D eigenvalue weighted by Gasteiger charge is -2.08. The number of aliphatic carboxylic acids is 1. The van der Waals surface area contributed by atoms with Crippen LogP contribution in [-0.2, 0) is 4.79 Å². The maximum atomic E-state index is 10.4. The number of allylic oxidation sites excluding steroid dienone is 1. The number of carboxylic acids is 1. The normalized spacial score (nSPS) is 18.4. The summed E-state index contributed by atoms with van der Waals surface area (Å²) in [6.07, 6.45) is 6.93. The van der Waals surface area contributed by atoms with E-state index in [0.29, 0.717) is 0 Å². The molecule has 2 N–H and O–H groups in total. The molecule has 0 fully saturated rings. The third-order valence-corrected chi connectivity index (χ3v) is 2.40. The first-order valence-corrected chi connectivity index (χ1v) is 4.84. The standard InChI is InChI=1S/C10H17NO2/c1-8(10(12)13)11-7-6-9-4-2-3-5-9/h4,8,11H,2-3,5-7H2,1H3,(H,12,13). The minimum absolute atomic E-state index is 0.429. The third-order valence-electron chi connectivity index (χ3n) is 2.40. The molecule has 1 aliphatic carbocycles. The van der Waals surface area contributed by atoms with Gasteiger partial charge in [0.15, 0.2) is 0 Å². The fourth-order valence-electron chi connectivity index (χ4n) is 1.50. The van der Waals surface area contributed by atoms with Crippen LogP contribution >= 0.6 is 0 Å². The summed E-state index contributed by atoms with van der Waals surface area (Å²) in [7, 11) is 0. The van der Waals surface area contributed by atoms with Crippen LogP contribution in [0.3, 0.4) is 0 Å². The van der Waals surface area contributed by atoms with Crippen LogP contribution in [0, 0.1) is 0 Å². The molecule has 74 valence electrons. The van der Waals surface area contributed by atoms with E-state index in [1.807, 2.05) is 0 Å². The molecule has 0 bridgehead atoms. The number of carbonyl (C=O) groups is 1. The molecular weight excluding hydrogens is 166 g/mol. The Hall–Kier alpha value is -0.830. The Kier molecular flexibility index (Phi) is 3.96. The van der Waals surface area contributed by atoms with Crippen molar-refractivity contribution in [1.29, 1.82) is 0 Å². The van der Waals surface area contributed by atoms with Gasteiger partial charge in [-0.3, -0.25) is 4.79 Å². The number of hydrogen-bond acceptors (Lipinski definition) is 2. The zero-order chi connectivity index (χ0) is 9.68. The minimum Gasteiger partial charge on any atom is -0.480 e. The molecule has 0 aromatic heterocycles. The highest BCUT2D eigenvalue weighted by Gasteiger charge is 2.09. The minimum atomic E-state index is -0.777. The van der Waals surface area contributed by atoms with Gasteiger partial charge in [-0.05, 0) is 39.2 Å². The Bertz CT molecular complexity index is 211. The van der Waals surface area contributed by atoms with Gasteiger partial charge in [0, 0.05) is 0 Å². The Morgan fingerprint density at radius 3 is 3.08 bits per heavy atom. The first-order chi connectivity index (χ1) is 6.20. The monoisotopic (exact) mass is 183 g/mol. The van der Waals surface area contributed by atoms with Crippen molar-refractivity contribution in [2.45, 2.75) is 38.6 Å². The van der Waals surface area contributed by atoms with E-state index in [9.17, 15) is 4.79 Å². The van der Waals surface area contributed by atoms with Crippen LogP contribution in [-0.4, -0.2) is 23.7 Å². The number of nitrogens with one attached hydrogen (secondary N) is 1. The predicted octanol–water partition coefficient (Wildman–Crippen LogP) is 1.55. The molecule has 0 amide bonds. The van der Waals surface area contributed by atoms with E-state index in [1.165, 1.54) is 24.8 Å². The average molecular weight is 183 g/mol. The van der Waals surface area contributed by atoms with Crippen molar-refractivity contribution in [1.82, 2.24) is 5.32 Å². The SMILES string of the molecule is CC(NCCC1=CCCC1)C(=O)O. The highest BCUT2D eigenvalue weighted by molar-refractivity contribution is 5.72. The Morgan fingerprint density at radius 2 is 2.54 bits per heavy atom. The number of hydrogen-bond donors (Lipinski definition) is 2. The summed E-state index contributed by atoms with van der Waals surface area (Å²) in [5.74, 6) is -0.777. The van der Waals surface area contributed by atoms with E-state index in [1.54, 1.807) is 6.92 Å². The van der Waals surface area contributed by atoms with Gasteiger partial charge in [-0.25, -0.2) is 0 Å². The van der Waals surface area contributed by atoms with Crippen LogP contribution < -0.4 is 5.32 Å². The molecule has 0 aliphatic heterocycles. The fraction of sp³-hybridized carbons (Fsp3) is 0.700. The van der Waals surface area contributed by atoms with E-state index in [-0.39, 0.29) is 0 Å². The lowest BCUT2D eigenvalue weighted by molar-refractivity contribution is -0.138. The molecular formula is C10H17NO2. The highest BCUT2D eigenvalue weighted by Crippen LogP contribution is 2.19. The van der Waals surface area contributed by atoms with Crippen LogP contribution in [0.15, 0.2) is 11.6 Å². The van der Waals surface area contributed by atoms with Gasteiger partial charge in [-0.1, -0.05) is 11.6 Å². The van der Waals surface area contributed by atoms with Crippen molar-refractivity contribution in [2.75, 3.05) is 6.54 Å². The van der Waals surface area contributed by atoms with E-state index in [2.05, 4.69) is 11.4 Å². The molecule has 0 saturated heterocycles. The molecule has 1 atom stereocenters. The lowest BCUT2D eigenvalue weighted by atomic mass is 10.1. The van der Waals surface area contributed by atoms with E-state index < -0.39 is 12.0 Å². The largest absolute Gasteiger partial charge is 0.480 e. The maximum absolute atomic E-state index is 10.4. The molecule has 1 rings (SSSR count). The van der Waals surface area contributed by atoms with Gasteiger partial charge in [0.2, 0.25) is 0 Å². The summed E-state index contributed by atoms with van der Waals surface area (Å²) in [5.41, 5.74) is 1.48. The van der Waals surface area contributed by atoms with Crippen molar-refractivity contribution in [2.24, 2.45) is 0 Å². The van der Waals surface area contributed by atoms with Crippen molar-refractivity contribution < 1.29 is 9.90 Å². The van der Waals surface area contributed by atoms with Crippen LogP contribution in [0.25, 0.3) is 0 Å². The number of rotatable bonds is 5. The van der Waals surface area contributed by atoms with Gasteiger partial charge >= 0.3 is 5.97 Å². The van der Waals surface area contributed by atoms with E-state index in [4.69, 9.17) is 5.11 Å². The van der Waals surface area contributed by atoms with Crippen LogP contribution in [0.2, 0.25) is 0 Å². The molecule has 0 radical (unpaired) electrons. The summed E-state index contributed by atoms with van der Waals surface area (Å²) >= 11 is 0. The first-order valence-electron chi connectivity index (χ1n) is 4.84. The molecule has 0 aromatic rings. The van der Waals surface area contributed by atoms with Crippen molar-refractivity contribution >= 4 is 5.97 Å². The van der Waals surface area contributed by atoms with Crippen molar-refractivity contribution in [3.05, 3.63) is 11.6 Å². The Morgan fingerprint density at radius 1 is 1.77 bits per heavy atom. The molecule has 1 aliphatic rings. The smallest absolute Gasteiger partial charge is 0.320 e. The predicted molar refractivity (Wildman–Crippen MR) is 51.7 cm³/mol. The third kappa shape index (κ3) is 3.59. The molecule has 0 aromatic carbocycles. The first kappa shape index (κ1) is 10.3. The second-order valence-corrected chi connectivity index (χ2v) is 3.52. The van der Waals surface area contributed by atoms with Gasteiger partial charge in [0.25, 0.3) is 0 Å². The summed E-state index contributed by atoms with van der Waals surface area (Å²) < 4.78 is 0. The topological polar surface area (TPSA) is 49.3 Å². The zero-order valence-corrected chi connectivity index (χ0v) is 8.05. The van der Waals surface area contributed by atoms with Gasteiger partial charge in [-0.2, -0.15) is 0 Å². The van der Waals surface area contributed by atoms with Gasteiger partial charge < -0.3 is 10.4 Å². The van der Waals surface area contributed by atoms with Crippen LogP contribution in [0.1, 0.15) is 32.6 Å². The molecule has 0 heterocycles. The molecule has 0 spiro atoms. The Labute approximate surface area is 78.8 Å². The second kappa shape index (κ2) is 5.02. The van der Waals surface area contributed by atoms with Crippen molar-refractivity contribution in [3.8, 4) is 0 Å². The molecule has 3 heteroatoms. The van der Waals surface area contributed by atoms with Crippen LogP contribution in [0.4, 0.5) is 0 Å². The van der Waals surface area contributed by atoms with E-state index in [0.717, 1.165) is 13.0 Å². The summed E-state index contributed by atoms with van der Waals surface area (Å²) in [4.78, 5) is 10.4. The lowest BCUT2D eigenvalue weighted by Crippen LogP contribution is -2.34. The molecule has 13 heavy (non-hydrogen) atoms. The summed E-state index contributed by atoms with van der Waals surface area (Å²) in [6.45, 7) is 2.45. The number of carboxylic acid groups (broad SMARTS) is 1. The average Bonchev–Trinajstić information content (AvgIpc) is 2.56. The van der Waals surface area contributed by atoms with E-state index >= 15 is 0 Å². The molecule has 1 unspecified atom stereocenters. The Balaban J connectivity index is 2.09. The van der Waals surface area contributed by atoms with Gasteiger partial charge in [-0.15, -0.1) is 0 Å². The second-order valence-electron chi connectivity index (χ2n) is 3.52. The highest BCUT2D eigenvalue weighted by atomic mass is 16.4. The van der Waals surface area contributed by atoms with Crippen molar-refractivity contribution in [3.63, 3.8) is 0 Å². The maximum Gasteiger partial charge on any atom is 0.320 e.